The van der Waals surface area contributed by atoms with Gasteiger partial charge < -0.3 is 21.1 Å². The maximum Gasteiger partial charge on any atom is 0.239 e. The molecule has 9 heteroatoms. The summed E-state index contributed by atoms with van der Waals surface area (Å²) in [4.78, 5) is 25.2. The van der Waals surface area contributed by atoms with Gasteiger partial charge in [0.2, 0.25) is 17.7 Å². The highest BCUT2D eigenvalue weighted by atomic mass is 16.5. The standard InChI is InChI=1S/C28H27N7O2/c1-3-23(25(30)36)33-28-34-26(22(16-29)27(35-28)37-17-19-10-5-4-6-11-19)32-21-13-7-12-20(15-21)24-18(2)9-8-14-31-24/h4-15,23H,3,17H2,1-2H3,(H2,30,36)(H2,32,33,34,35)/t23-/m1/s1. The summed E-state index contributed by atoms with van der Waals surface area (Å²) in [6.45, 7) is 4.02. The van der Waals surface area contributed by atoms with Crippen LogP contribution in [-0.2, 0) is 11.4 Å². The Hall–Kier alpha value is -4.97. The van der Waals surface area contributed by atoms with Gasteiger partial charge in [-0.1, -0.05) is 55.5 Å². The van der Waals surface area contributed by atoms with E-state index in [1.807, 2.05) is 80.6 Å². The molecule has 0 fully saturated rings. The topological polar surface area (TPSA) is 139 Å². The molecule has 0 saturated heterocycles. The number of carbonyl (C=O) groups excluding carboxylic acids is 1. The molecule has 4 aromatic rings. The van der Waals surface area contributed by atoms with Crippen molar-refractivity contribution in [3.63, 3.8) is 0 Å². The van der Waals surface area contributed by atoms with Crippen molar-refractivity contribution in [1.29, 1.82) is 5.26 Å². The van der Waals surface area contributed by atoms with Crippen molar-refractivity contribution in [3.05, 3.63) is 89.6 Å². The minimum atomic E-state index is -0.682. The molecule has 0 bridgehead atoms. The first-order valence-electron chi connectivity index (χ1n) is 11.8. The highest BCUT2D eigenvalue weighted by Gasteiger charge is 2.20. The van der Waals surface area contributed by atoms with Crippen molar-refractivity contribution >= 4 is 23.4 Å². The number of nitriles is 1. The molecule has 0 aliphatic heterocycles. The first-order valence-corrected chi connectivity index (χ1v) is 11.8. The molecule has 4 rings (SSSR count). The van der Waals surface area contributed by atoms with Gasteiger partial charge in [0.1, 0.15) is 18.7 Å². The van der Waals surface area contributed by atoms with Crippen molar-refractivity contribution in [2.75, 3.05) is 10.6 Å². The van der Waals surface area contributed by atoms with Gasteiger partial charge in [0.15, 0.2) is 11.4 Å². The number of nitrogens with zero attached hydrogens (tertiary/aromatic N) is 4. The van der Waals surface area contributed by atoms with Crippen LogP contribution >= 0.6 is 0 Å². The van der Waals surface area contributed by atoms with Crippen LogP contribution in [0.3, 0.4) is 0 Å². The first kappa shape index (κ1) is 25.1. The van der Waals surface area contributed by atoms with Gasteiger partial charge in [0, 0.05) is 17.4 Å². The molecule has 1 amide bonds. The van der Waals surface area contributed by atoms with Crippen LogP contribution in [0, 0.1) is 18.3 Å². The van der Waals surface area contributed by atoms with Crippen molar-refractivity contribution < 1.29 is 9.53 Å². The summed E-state index contributed by atoms with van der Waals surface area (Å²) in [6, 6.07) is 22.5. The second-order valence-electron chi connectivity index (χ2n) is 8.34. The van der Waals surface area contributed by atoms with Gasteiger partial charge in [0.05, 0.1) is 5.69 Å². The van der Waals surface area contributed by atoms with E-state index in [0.717, 1.165) is 22.4 Å². The van der Waals surface area contributed by atoms with E-state index in [2.05, 4.69) is 31.7 Å². The van der Waals surface area contributed by atoms with E-state index >= 15 is 0 Å². The number of aromatic nitrogens is 3. The van der Waals surface area contributed by atoms with E-state index in [4.69, 9.17) is 10.5 Å². The van der Waals surface area contributed by atoms with Crippen LogP contribution in [0.4, 0.5) is 17.5 Å². The highest BCUT2D eigenvalue weighted by Crippen LogP contribution is 2.30. The number of rotatable bonds is 10. The number of nitrogens with two attached hydrogens (primary N) is 1. The number of primary amides is 1. The lowest BCUT2D eigenvalue weighted by atomic mass is 10.1. The SMILES string of the molecule is CC[C@@H](Nc1nc(Nc2cccc(-c3ncccc3C)c2)c(C#N)c(OCc2ccccc2)n1)C(N)=O. The van der Waals surface area contributed by atoms with E-state index < -0.39 is 11.9 Å². The molecule has 0 saturated carbocycles. The monoisotopic (exact) mass is 493 g/mol. The Balaban J connectivity index is 1.71. The summed E-state index contributed by atoms with van der Waals surface area (Å²) in [7, 11) is 0. The second-order valence-corrected chi connectivity index (χ2v) is 8.34. The lowest BCUT2D eigenvalue weighted by molar-refractivity contribution is -0.118. The molecule has 186 valence electrons. The van der Waals surface area contributed by atoms with Gasteiger partial charge >= 0.3 is 0 Å². The third-order valence-corrected chi connectivity index (χ3v) is 5.67. The smallest absolute Gasteiger partial charge is 0.239 e. The molecule has 2 heterocycles. The number of ether oxygens (including phenoxy) is 1. The maximum absolute atomic E-state index is 11.8. The zero-order chi connectivity index (χ0) is 26.2. The number of hydrogen-bond acceptors (Lipinski definition) is 8. The molecule has 2 aromatic carbocycles. The quantitative estimate of drug-likeness (QED) is 0.288. The summed E-state index contributed by atoms with van der Waals surface area (Å²) < 4.78 is 5.94. The van der Waals surface area contributed by atoms with Gasteiger partial charge in [-0.3, -0.25) is 9.78 Å². The minimum absolute atomic E-state index is 0.0856. The fourth-order valence-corrected chi connectivity index (χ4v) is 3.73. The zero-order valence-electron chi connectivity index (χ0n) is 20.6. The molecule has 1 atom stereocenters. The Morgan fingerprint density at radius 1 is 1.11 bits per heavy atom. The molecule has 0 radical (unpaired) electrons. The molecule has 0 aliphatic carbocycles. The van der Waals surface area contributed by atoms with Crippen LogP contribution in [0.15, 0.2) is 72.9 Å². The largest absolute Gasteiger partial charge is 0.472 e. The van der Waals surface area contributed by atoms with Crippen molar-refractivity contribution in [1.82, 2.24) is 15.0 Å². The molecule has 2 aromatic heterocycles. The Morgan fingerprint density at radius 2 is 1.92 bits per heavy atom. The number of anilines is 3. The average molecular weight is 494 g/mol. The van der Waals surface area contributed by atoms with Crippen molar-refractivity contribution in [2.45, 2.75) is 32.9 Å². The van der Waals surface area contributed by atoms with Gasteiger partial charge in [-0.2, -0.15) is 15.2 Å². The predicted molar refractivity (Wildman–Crippen MR) is 142 cm³/mol. The highest BCUT2D eigenvalue weighted by molar-refractivity contribution is 5.82. The average Bonchev–Trinajstić information content (AvgIpc) is 2.91. The number of carbonyl (C=O) groups is 1. The fraction of sp³-hybridized carbons (Fsp3) is 0.179. The van der Waals surface area contributed by atoms with E-state index in [9.17, 15) is 10.1 Å². The van der Waals surface area contributed by atoms with E-state index in [-0.39, 0.29) is 29.8 Å². The molecular formula is C28H27N7O2. The van der Waals surface area contributed by atoms with Crippen LogP contribution in [0.1, 0.15) is 30.0 Å². The Kier molecular flexibility index (Phi) is 7.91. The van der Waals surface area contributed by atoms with Crippen LogP contribution in [-0.4, -0.2) is 26.9 Å². The van der Waals surface area contributed by atoms with Crippen LogP contribution in [0.2, 0.25) is 0 Å². The minimum Gasteiger partial charge on any atom is -0.472 e. The molecule has 0 aliphatic rings. The van der Waals surface area contributed by atoms with Crippen LogP contribution in [0.25, 0.3) is 11.3 Å². The molecule has 4 N–H and O–H groups in total. The van der Waals surface area contributed by atoms with Crippen LogP contribution in [0.5, 0.6) is 5.88 Å². The predicted octanol–water partition coefficient (Wildman–Crippen LogP) is 4.72. The number of hydrogen-bond donors (Lipinski definition) is 3. The van der Waals surface area contributed by atoms with E-state index in [1.165, 1.54) is 0 Å². The second kappa shape index (κ2) is 11.6. The third-order valence-electron chi connectivity index (χ3n) is 5.67. The number of aryl methyl sites for hydroxylation is 1. The Morgan fingerprint density at radius 3 is 2.62 bits per heavy atom. The first-order chi connectivity index (χ1) is 18.0. The number of pyridine rings is 1. The number of benzene rings is 2. The fourth-order valence-electron chi connectivity index (χ4n) is 3.73. The maximum atomic E-state index is 11.8. The molecule has 37 heavy (non-hydrogen) atoms. The zero-order valence-corrected chi connectivity index (χ0v) is 20.6. The summed E-state index contributed by atoms with van der Waals surface area (Å²) in [5.74, 6) is -0.0956. The normalized spacial score (nSPS) is 11.3. The molecule has 0 unspecified atom stereocenters. The molecule has 9 nitrogen and oxygen atoms in total. The Bertz CT molecular complexity index is 1430. The number of amides is 1. The summed E-state index contributed by atoms with van der Waals surface area (Å²) in [5.41, 5.74) is 10.1. The van der Waals surface area contributed by atoms with Crippen molar-refractivity contribution in [3.8, 4) is 23.2 Å². The lowest BCUT2D eigenvalue weighted by Gasteiger charge is -2.17. The lowest BCUT2D eigenvalue weighted by Crippen LogP contribution is -2.35. The summed E-state index contributed by atoms with van der Waals surface area (Å²) in [6.07, 6.45) is 2.19. The van der Waals surface area contributed by atoms with Gasteiger partial charge in [0.25, 0.3) is 0 Å². The van der Waals surface area contributed by atoms with Gasteiger partial charge in [-0.15, -0.1) is 0 Å². The van der Waals surface area contributed by atoms with Crippen LogP contribution < -0.4 is 21.1 Å². The molecule has 0 spiro atoms. The number of nitrogens with one attached hydrogen (secondary N) is 2. The Labute approximate surface area is 215 Å². The van der Waals surface area contributed by atoms with E-state index in [0.29, 0.717) is 12.1 Å². The molecular weight excluding hydrogens is 466 g/mol. The third kappa shape index (κ3) is 6.18. The summed E-state index contributed by atoms with van der Waals surface area (Å²) >= 11 is 0. The summed E-state index contributed by atoms with van der Waals surface area (Å²) in [5, 5.41) is 16.2. The van der Waals surface area contributed by atoms with Gasteiger partial charge in [-0.05, 0) is 42.7 Å². The van der Waals surface area contributed by atoms with Gasteiger partial charge in [-0.25, -0.2) is 0 Å². The van der Waals surface area contributed by atoms with Crippen molar-refractivity contribution in [2.24, 2.45) is 5.73 Å². The van der Waals surface area contributed by atoms with E-state index in [1.54, 1.807) is 6.20 Å².